The van der Waals surface area contributed by atoms with Crippen molar-refractivity contribution < 1.29 is 4.79 Å². The van der Waals surface area contributed by atoms with Crippen LogP contribution in [0.1, 0.15) is 18.1 Å². The Hall–Kier alpha value is -1.35. The van der Waals surface area contributed by atoms with Crippen LogP contribution in [-0.4, -0.2) is 23.4 Å². The van der Waals surface area contributed by atoms with Crippen LogP contribution in [0.5, 0.6) is 0 Å². The van der Waals surface area contributed by atoms with Crippen molar-refractivity contribution in [3.05, 3.63) is 35.4 Å². The summed E-state index contributed by atoms with van der Waals surface area (Å²) in [6.45, 7) is 2.85. The Labute approximate surface area is 89.9 Å². The Morgan fingerprint density at radius 1 is 1.47 bits per heavy atom. The minimum absolute atomic E-state index is 0.111. The molecule has 3 heteroatoms. The van der Waals surface area contributed by atoms with Crippen LogP contribution >= 0.6 is 0 Å². The molecule has 1 aromatic carbocycles. The first-order valence-electron chi connectivity index (χ1n) is 5.26. The van der Waals surface area contributed by atoms with E-state index in [1.807, 2.05) is 17.0 Å². The van der Waals surface area contributed by atoms with E-state index in [9.17, 15) is 4.79 Å². The van der Waals surface area contributed by atoms with Crippen molar-refractivity contribution in [3.8, 4) is 0 Å². The largest absolute Gasteiger partial charge is 0.334 e. The van der Waals surface area contributed by atoms with Crippen LogP contribution in [0.4, 0.5) is 0 Å². The Kier molecular flexibility index (Phi) is 2.73. The number of rotatable bonds is 1. The van der Waals surface area contributed by atoms with Gasteiger partial charge in [0.2, 0.25) is 5.91 Å². The van der Waals surface area contributed by atoms with Gasteiger partial charge in [-0.25, -0.2) is 0 Å². The van der Waals surface area contributed by atoms with Gasteiger partial charge in [-0.1, -0.05) is 24.3 Å². The van der Waals surface area contributed by atoms with E-state index in [0.717, 1.165) is 6.42 Å². The van der Waals surface area contributed by atoms with Crippen molar-refractivity contribution in [2.24, 2.45) is 5.73 Å². The van der Waals surface area contributed by atoms with Crippen LogP contribution in [0.25, 0.3) is 0 Å². The predicted octanol–water partition coefficient (Wildman–Crippen LogP) is 0.919. The van der Waals surface area contributed by atoms with Crippen LogP contribution in [0.3, 0.4) is 0 Å². The fourth-order valence-corrected chi connectivity index (χ4v) is 2.17. The first-order valence-corrected chi connectivity index (χ1v) is 5.26. The van der Waals surface area contributed by atoms with E-state index in [0.29, 0.717) is 13.1 Å². The van der Waals surface area contributed by atoms with Crippen molar-refractivity contribution in [1.82, 2.24) is 4.90 Å². The molecule has 0 saturated carbocycles. The highest BCUT2D eigenvalue weighted by Crippen LogP contribution is 2.22. The molecule has 1 heterocycles. The maximum absolute atomic E-state index is 11.4. The van der Waals surface area contributed by atoms with E-state index in [2.05, 4.69) is 12.1 Å². The number of nitrogens with zero attached hydrogens (tertiary/aromatic N) is 1. The average Bonchev–Trinajstić information content (AvgIpc) is 2.27. The summed E-state index contributed by atoms with van der Waals surface area (Å²) in [6.07, 6.45) is 0.881. The lowest BCUT2D eigenvalue weighted by Crippen LogP contribution is -2.47. The lowest BCUT2D eigenvalue weighted by Gasteiger charge is -2.35. The van der Waals surface area contributed by atoms with Crippen LogP contribution in [0, 0.1) is 0 Å². The van der Waals surface area contributed by atoms with Crippen LogP contribution in [0.2, 0.25) is 0 Å². The molecule has 1 atom stereocenters. The molecule has 80 valence electrons. The highest BCUT2D eigenvalue weighted by Gasteiger charge is 2.26. The normalized spacial score (nSPS) is 19.9. The highest BCUT2D eigenvalue weighted by molar-refractivity contribution is 5.74. The number of amides is 1. The van der Waals surface area contributed by atoms with E-state index >= 15 is 0 Å². The van der Waals surface area contributed by atoms with Gasteiger partial charge in [0.1, 0.15) is 0 Å². The second-order valence-electron chi connectivity index (χ2n) is 4.01. The van der Waals surface area contributed by atoms with Gasteiger partial charge < -0.3 is 10.6 Å². The molecule has 2 N–H and O–H groups in total. The molecule has 0 saturated heterocycles. The van der Waals surface area contributed by atoms with Crippen molar-refractivity contribution in [2.45, 2.75) is 25.9 Å². The standard InChI is InChI=1S/C12H16N2O/c1-9(15)14-8-11-5-3-2-4-10(11)6-12(14)7-13/h2-5,12H,6-8,13H2,1H3. The van der Waals surface area contributed by atoms with Gasteiger partial charge in [0.25, 0.3) is 0 Å². The fraction of sp³-hybridized carbons (Fsp3) is 0.417. The number of hydrogen-bond donors (Lipinski definition) is 1. The van der Waals surface area contributed by atoms with E-state index in [1.165, 1.54) is 11.1 Å². The molecule has 1 aliphatic heterocycles. The first kappa shape index (κ1) is 10.2. The molecule has 0 aromatic heterocycles. The molecule has 1 unspecified atom stereocenters. The summed E-state index contributed by atoms with van der Waals surface area (Å²) < 4.78 is 0. The summed E-state index contributed by atoms with van der Waals surface area (Å²) in [5.41, 5.74) is 8.27. The third-order valence-corrected chi connectivity index (χ3v) is 3.03. The molecule has 0 radical (unpaired) electrons. The minimum Gasteiger partial charge on any atom is -0.334 e. The highest BCUT2D eigenvalue weighted by atomic mass is 16.2. The van der Waals surface area contributed by atoms with E-state index < -0.39 is 0 Å². The Bertz CT molecular complexity index is 376. The lowest BCUT2D eigenvalue weighted by atomic mass is 9.94. The van der Waals surface area contributed by atoms with E-state index in [-0.39, 0.29) is 11.9 Å². The van der Waals surface area contributed by atoms with E-state index in [1.54, 1.807) is 6.92 Å². The van der Waals surface area contributed by atoms with Crippen LogP contribution in [-0.2, 0) is 17.8 Å². The van der Waals surface area contributed by atoms with Gasteiger partial charge in [-0.05, 0) is 17.5 Å². The number of carbonyl (C=O) groups is 1. The quantitative estimate of drug-likeness (QED) is 0.739. The molecule has 0 aliphatic carbocycles. The summed E-state index contributed by atoms with van der Waals surface area (Å²) >= 11 is 0. The maximum Gasteiger partial charge on any atom is 0.220 e. The minimum atomic E-state index is 0.111. The molecule has 1 amide bonds. The Balaban J connectivity index is 2.30. The van der Waals surface area contributed by atoms with Crippen LogP contribution < -0.4 is 5.73 Å². The molecule has 0 spiro atoms. The predicted molar refractivity (Wildman–Crippen MR) is 59.2 cm³/mol. The maximum atomic E-state index is 11.4. The summed E-state index contributed by atoms with van der Waals surface area (Å²) in [4.78, 5) is 13.3. The van der Waals surface area contributed by atoms with Gasteiger partial charge in [0.15, 0.2) is 0 Å². The molecule has 15 heavy (non-hydrogen) atoms. The summed E-state index contributed by atoms with van der Waals surface area (Å²) in [5, 5.41) is 0. The van der Waals surface area contributed by atoms with Crippen molar-refractivity contribution in [3.63, 3.8) is 0 Å². The van der Waals surface area contributed by atoms with Gasteiger partial charge in [-0.15, -0.1) is 0 Å². The van der Waals surface area contributed by atoms with Gasteiger partial charge in [-0.2, -0.15) is 0 Å². The van der Waals surface area contributed by atoms with Gasteiger partial charge in [0, 0.05) is 26.1 Å². The molecular formula is C12H16N2O. The fourth-order valence-electron chi connectivity index (χ4n) is 2.17. The summed E-state index contributed by atoms with van der Waals surface area (Å²) in [5.74, 6) is 0.111. The zero-order valence-corrected chi connectivity index (χ0v) is 8.94. The zero-order valence-electron chi connectivity index (χ0n) is 8.94. The third-order valence-electron chi connectivity index (χ3n) is 3.03. The summed E-state index contributed by atoms with van der Waals surface area (Å²) in [6, 6.07) is 8.42. The zero-order chi connectivity index (χ0) is 10.8. The second kappa shape index (κ2) is 4.03. The SMILES string of the molecule is CC(=O)N1Cc2ccccc2CC1CN. The topological polar surface area (TPSA) is 46.3 Å². The number of benzene rings is 1. The molecule has 0 bridgehead atoms. The van der Waals surface area contributed by atoms with Crippen molar-refractivity contribution in [2.75, 3.05) is 6.54 Å². The Morgan fingerprint density at radius 3 is 2.73 bits per heavy atom. The Morgan fingerprint density at radius 2 is 2.13 bits per heavy atom. The number of carbonyl (C=O) groups excluding carboxylic acids is 1. The summed E-state index contributed by atoms with van der Waals surface area (Å²) in [7, 11) is 0. The monoisotopic (exact) mass is 204 g/mol. The average molecular weight is 204 g/mol. The van der Waals surface area contributed by atoms with Gasteiger partial charge in [-0.3, -0.25) is 4.79 Å². The number of hydrogen-bond acceptors (Lipinski definition) is 2. The van der Waals surface area contributed by atoms with Gasteiger partial charge >= 0.3 is 0 Å². The van der Waals surface area contributed by atoms with Crippen molar-refractivity contribution in [1.29, 1.82) is 0 Å². The first-order chi connectivity index (χ1) is 7.22. The van der Waals surface area contributed by atoms with Gasteiger partial charge in [0.05, 0.1) is 0 Å². The number of nitrogens with two attached hydrogens (primary N) is 1. The van der Waals surface area contributed by atoms with Crippen molar-refractivity contribution >= 4 is 5.91 Å². The molecular weight excluding hydrogens is 188 g/mol. The molecule has 2 rings (SSSR count). The second-order valence-corrected chi connectivity index (χ2v) is 4.01. The number of fused-ring (bicyclic) bond motifs is 1. The van der Waals surface area contributed by atoms with E-state index in [4.69, 9.17) is 5.73 Å². The smallest absolute Gasteiger partial charge is 0.220 e. The van der Waals surface area contributed by atoms with Crippen LogP contribution in [0.15, 0.2) is 24.3 Å². The molecule has 1 aromatic rings. The lowest BCUT2D eigenvalue weighted by molar-refractivity contribution is -0.132. The third kappa shape index (κ3) is 1.88. The molecule has 0 fully saturated rings. The molecule has 1 aliphatic rings. The molecule has 3 nitrogen and oxygen atoms in total.